The molecule has 4 heterocycles. The summed E-state index contributed by atoms with van der Waals surface area (Å²) in [5, 5.41) is 13.0. The molecule has 1 aliphatic rings. The van der Waals surface area contributed by atoms with Gasteiger partial charge in [0.25, 0.3) is 5.91 Å². The van der Waals surface area contributed by atoms with Crippen LogP contribution in [-0.4, -0.2) is 49.1 Å². The average molecular weight is 420 g/mol. The summed E-state index contributed by atoms with van der Waals surface area (Å²) in [5.41, 5.74) is -0.410. The minimum absolute atomic E-state index is 0.0352. The maximum absolute atomic E-state index is 13.1. The molecule has 0 spiro atoms. The van der Waals surface area contributed by atoms with E-state index in [9.17, 15) is 18.0 Å². The number of carbonyl (C=O) groups excluding carboxylic acids is 1. The lowest BCUT2D eigenvalue weighted by molar-refractivity contribution is -0.140. The quantitative estimate of drug-likeness (QED) is 0.678. The summed E-state index contributed by atoms with van der Waals surface area (Å²) in [5.74, 6) is -0.356. The van der Waals surface area contributed by atoms with Crippen LogP contribution < -0.4 is 10.6 Å². The van der Waals surface area contributed by atoms with Crippen molar-refractivity contribution in [3.8, 4) is 0 Å². The summed E-state index contributed by atoms with van der Waals surface area (Å²) < 4.78 is 41.8. The Bertz CT molecular complexity index is 1100. The molecule has 1 fully saturated rings. The Morgan fingerprint density at radius 3 is 2.97 bits per heavy atom. The van der Waals surface area contributed by atoms with Crippen molar-refractivity contribution in [1.29, 1.82) is 0 Å². The molecule has 158 valence electrons. The third-order valence-corrected chi connectivity index (χ3v) is 4.62. The molecule has 0 unspecified atom stereocenters. The third kappa shape index (κ3) is 4.17. The minimum Gasteiger partial charge on any atom is -0.319 e. The van der Waals surface area contributed by atoms with Gasteiger partial charge in [-0.2, -0.15) is 23.4 Å². The van der Waals surface area contributed by atoms with Gasteiger partial charge in [0, 0.05) is 37.8 Å². The Kier molecular flexibility index (Phi) is 5.24. The lowest BCUT2D eigenvalue weighted by Gasteiger charge is -2.07. The summed E-state index contributed by atoms with van der Waals surface area (Å²) in [6.07, 6.45) is 2.22. The normalized spacial score (nSPS) is 16.7. The van der Waals surface area contributed by atoms with Crippen LogP contribution in [0.5, 0.6) is 0 Å². The van der Waals surface area contributed by atoms with Gasteiger partial charge in [-0.15, -0.1) is 0 Å². The van der Waals surface area contributed by atoms with Crippen LogP contribution in [0, 0.1) is 0 Å². The molecule has 2 N–H and O–H groups in total. The number of halogens is 3. The molecule has 0 atom stereocenters. The van der Waals surface area contributed by atoms with Gasteiger partial charge < -0.3 is 10.6 Å². The Hall–Kier alpha value is -3.28. The molecule has 0 saturated carbocycles. The van der Waals surface area contributed by atoms with Gasteiger partial charge in [0.2, 0.25) is 0 Å². The highest BCUT2D eigenvalue weighted by Gasteiger charge is 2.37. The lowest BCUT2D eigenvalue weighted by Crippen LogP contribution is -2.20. The number of fused-ring (bicyclic) bond motifs is 1. The molecule has 9 nitrogen and oxygen atoms in total. The van der Waals surface area contributed by atoms with Crippen molar-refractivity contribution < 1.29 is 18.0 Å². The van der Waals surface area contributed by atoms with Crippen LogP contribution in [-0.2, 0) is 13.2 Å². The highest BCUT2D eigenvalue weighted by Crippen LogP contribution is 2.33. The fourth-order valence-corrected chi connectivity index (χ4v) is 3.22. The Morgan fingerprint density at radius 2 is 2.17 bits per heavy atom. The number of carbonyl (C=O) groups is 1. The Labute approximate surface area is 169 Å². The van der Waals surface area contributed by atoms with Gasteiger partial charge in [0.1, 0.15) is 5.56 Å². The van der Waals surface area contributed by atoms with E-state index >= 15 is 0 Å². The zero-order valence-electron chi connectivity index (χ0n) is 16.1. The molecule has 0 aromatic carbocycles. The number of aryl methyl sites for hydroxylation is 1. The molecule has 0 radical (unpaired) electrons. The number of amides is 1. The molecule has 12 heteroatoms. The second kappa shape index (κ2) is 7.86. The number of rotatable bonds is 3. The van der Waals surface area contributed by atoms with Crippen LogP contribution in [0.2, 0.25) is 0 Å². The van der Waals surface area contributed by atoms with Crippen LogP contribution in [0.1, 0.15) is 35.3 Å². The first kappa shape index (κ1) is 20.0. The highest BCUT2D eigenvalue weighted by atomic mass is 19.4. The van der Waals surface area contributed by atoms with E-state index in [4.69, 9.17) is 0 Å². The second-order valence-electron chi connectivity index (χ2n) is 6.94. The van der Waals surface area contributed by atoms with Crippen LogP contribution in [0.25, 0.3) is 5.65 Å². The van der Waals surface area contributed by atoms with E-state index in [1.54, 1.807) is 12.3 Å². The first-order valence-corrected chi connectivity index (χ1v) is 9.35. The molecule has 1 amide bonds. The third-order valence-electron chi connectivity index (χ3n) is 4.62. The molecular formula is C18H19F3N8O. The van der Waals surface area contributed by atoms with Gasteiger partial charge in [0.15, 0.2) is 17.2 Å². The van der Waals surface area contributed by atoms with Crippen molar-refractivity contribution in [1.82, 2.24) is 29.7 Å². The van der Waals surface area contributed by atoms with Crippen molar-refractivity contribution in [2.75, 3.05) is 18.4 Å². The number of alkyl halides is 3. The molecule has 3 aromatic rings. The molecular weight excluding hydrogens is 401 g/mol. The van der Waals surface area contributed by atoms with Gasteiger partial charge in [0.05, 0.1) is 11.9 Å². The average Bonchev–Trinajstić information content (AvgIpc) is 3.17. The van der Waals surface area contributed by atoms with E-state index in [1.165, 1.54) is 17.8 Å². The van der Waals surface area contributed by atoms with E-state index in [2.05, 4.69) is 30.8 Å². The fraction of sp³-hybridized carbons (Fsp3) is 0.389. The Balaban J connectivity index is 1.63. The first-order chi connectivity index (χ1) is 14.3. The standard InChI is InChI=1S/C18H19F3N8O/c1-28-10-13(15(27-28)18(19,20)21)25-17(30)12-9-23-29-7-5-14(26-16(12)29)24-11-4-2-3-6-22-8-11/h5,7,9-10,22H,2-4,6,8H2,1H3,(H,25,30). The van der Waals surface area contributed by atoms with E-state index < -0.39 is 23.5 Å². The van der Waals surface area contributed by atoms with Gasteiger partial charge in [-0.3, -0.25) is 9.48 Å². The van der Waals surface area contributed by atoms with Crippen LogP contribution >= 0.6 is 0 Å². The Morgan fingerprint density at radius 1 is 1.33 bits per heavy atom. The number of aromatic nitrogens is 5. The van der Waals surface area contributed by atoms with Crippen molar-refractivity contribution in [3.05, 3.63) is 35.9 Å². The van der Waals surface area contributed by atoms with Gasteiger partial charge >= 0.3 is 6.18 Å². The van der Waals surface area contributed by atoms with Crippen LogP contribution in [0.4, 0.5) is 24.7 Å². The van der Waals surface area contributed by atoms with E-state index in [-0.39, 0.29) is 11.2 Å². The maximum Gasteiger partial charge on any atom is 0.437 e. The predicted octanol–water partition coefficient (Wildman–Crippen LogP) is 2.58. The van der Waals surface area contributed by atoms with Gasteiger partial charge in [-0.25, -0.2) is 14.5 Å². The van der Waals surface area contributed by atoms with E-state index in [0.717, 1.165) is 42.4 Å². The summed E-state index contributed by atoms with van der Waals surface area (Å²) in [4.78, 5) is 21.6. The number of anilines is 1. The lowest BCUT2D eigenvalue weighted by atomic mass is 10.2. The zero-order chi connectivity index (χ0) is 21.3. The topological polar surface area (TPSA) is 102 Å². The second-order valence-corrected chi connectivity index (χ2v) is 6.94. The monoisotopic (exact) mass is 420 g/mol. The summed E-state index contributed by atoms with van der Waals surface area (Å²) in [6.45, 7) is 1.60. The fourth-order valence-electron chi connectivity index (χ4n) is 3.22. The van der Waals surface area contributed by atoms with Crippen molar-refractivity contribution in [3.63, 3.8) is 0 Å². The number of nitrogens with zero attached hydrogens (tertiary/aromatic N) is 6. The smallest absolute Gasteiger partial charge is 0.319 e. The highest BCUT2D eigenvalue weighted by molar-refractivity contribution is 6.08. The summed E-state index contributed by atoms with van der Waals surface area (Å²) in [7, 11) is 1.34. The van der Waals surface area contributed by atoms with Crippen LogP contribution in [0.3, 0.4) is 0 Å². The minimum atomic E-state index is -4.70. The van der Waals surface area contributed by atoms with Gasteiger partial charge in [-0.1, -0.05) is 0 Å². The van der Waals surface area contributed by atoms with Crippen molar-refractivity contribution >= 4 is 28.8 Å². The van der Waals surface area contributed by atoms with Crippen molar-refractivity contribution in [2.24, 2.45) is 12.0 Å². The van der Waals surface area contributed by atoms with E-state index in [0.29, 0.717) is 12.4 Å². The number of aliphatic imine (C=N–C) groups is 1. The molecule has 4 rings (SSSR count). The summed E-state index contributed by atoms with van der Waals surface area (Å²) >= 11 is 0. The number of hydrogen-bond donors (Lipinski definition) is 2. The number of nitrogens with one attached hydrogen (secondary N) is 2. The predicted molar refractivity (Wildman–Crippen MR) is 103 cm³/mol. The number of hydrogen-bond acceptors (Lipinski definition) is 6. The molecule has 30 heavy (non-hydrogen) atoms. The molecule has 1 saturated heterocycles. The van der Waals surface area contributed by atoms with Gasteiger partial charge in [-0.05, 0) is 25.8 Å². The molecule has 3 aromatic heterocycles. The van der Waals surface area contributed by atoms with E-state index in [1.807, 2.05) is 0 Å². The summed E-state index contributed by atoms with van der Waals surface area (Å²) in [6, 6.07) is 1.67. The SMILES string of the molecule is Cn1cc(NC(=O)c2cnn3ccc(N=C4CCCCNC4)nc23)c(C(F)(F)F)n1. The largest absolute Gasteiger partial charge is 0.437 e. The molecule has 1 aliphatic heterocycles. The molecule has 0 aliphatic carbocycles. The zero-order valence-corrected chi connectivity index (χ0v) is 16.1. The first-order valence-electron chi connectivity index (χ1n) is 9.35. The van der Waals surface area contributed by atoms with Crippen molar-refractivity contribution in [2.45, 2.75) is 25.4 Å². The molecule has 0 bridgehead atoms. The van der Waals surface area contributed by atoms with Crippen LogP contribution in [0.15, 0.2) is 29.6 Å². The maximum atomic E-state index is 13.1.